The van der Waals surface area contributed by atoms with Crippen molar-refractivity contribution in [2.75, 3.05) is 0 Å². The summed E-state index contributed by atoms with van der Waals surface area (Å²) < 4.78 is 15.2. The van der Waals surface area contributed by atoms with E-state index in [0.717, 1.165) is 139 Å². The van der Waals surface area contributed by atoms with Crippen LogP contribution in [0.3, 0.4) is 0 Å². The Morgan fingerprint density at radius 2 is 0.712 bits per heavy atom. The summed E-state index contributed by atoms with van der Waals surface area (Å²) in [6.07, 6.45) is 31.4. The first-order chi connectivity index (χ1) is 35.9. The Hall–Kier alpha value is -5.48. The molecule has 4 heteroatoms. The Morgan fingerprint density at radius 1 is 0.384 bits per heavy atom. The van der Waals surface area contributed by atoms with E-state index in [9.17, 15) is 10.2 Å². The third-order valence-electron chi connectivity index (χ3n) is 18.7. The Morgan fingerprint density at radius 3 is 1.08 bits per heavy atom. The summed E-state index contributed by atoms with van der Waals surface area (Å²) in [7, 11) is 0. The fourth-order valence-corrected chi connectivity index (χ4v) is 15.1. The van der Waals surface area contributed by atoms with Crippen molar-refractivity contribution in [3.8, 4) is 67.5 Å². The van der Waals surface area contributed by atoms with E-state index in [2.05, 4.69) is 98.8 Å². The Kier molecular flexibility index (Phi) is 14.2. The first-order valence-corrected chi connectivity index (χ1v) is 29.4. The quantitative estimate of drug-likeness (QED) is 0.128. The van der Waals surface area contributed by atoms with Crippen LogP contribution in [0.4, 0.5) is 0 Å². The van der Waals surface area contributed by atoms with Gasteiger partial charge in [-0.2, -0.15) is 0 Å². The number of hydrogen-bond donors (Lipinski definition) is 2. The Balaban J connectivity index is 0.911. The zero-order valence-electron chi connectivity index (χ0n) is 44.2. The lowest BCUT2D eigenvalue weighted by molar-refractivity contribution is 0.0256. The van der Waals surface area contributed by atoms with Crippen LogP contribution in [0.5, 0.6) is 23.0 Å². The van der Waals surface area contributed by atoms with Gasteiger partial charge in [0.1, 0.15) is 35.2 Å². The summed E-state index contributed by atoms with van der Waals surface area (Å²) in [5.41, 5.74) is 22.6. The maximum Gasteiger partial charge on any atom is 0.131 e. The zero-order valence-corrected chi connectivity index (χ0v) is 44.2. The zero-order chi connectivity index (χ0) is 49.4. The topological polar surface area (TPSA) is 58.9 Å². The monoisotopic (exact) mass is 973 g/mol. The van der Waals surface area contributed by atoms with Crippen LogP contribution in [0.1, 0.15) is 178 Å². The maximum absolute atomic E-state index is 12.8. The van der Waals surface area contributed by atoms with Crippen molar-refractivity contribution < 1.29 is 19.7 Å². The smallest absolute Gasteiger partial charge is 0.131 e. The van der Waals surface area contributed by atoms with Crippen LogP contribution < -0.4 is 9.47 Å². The van der Waals surface area contributed by atoms with Crippen LogP contribution in [-0.2, 0) is 51.4 Å². The molecule has 4 nitrogen and oxygen atoms in total. The number of rotatable bonds is 12. The fraction of sp³-hybridized carbons (Fsp3) is 0.478. The van der Waals surface area contributed by atoms with Crippen molar-refractivity contribution in [2.24, 2.45) is 11.8 Å². The maximum atomic E-state index is 12.8. The largest absolute Gasteiger partial charge is 0.507 e. The van der Waals surface area contributed by atoms with Gasteiger partial charge in [-0.05, 0) is 257 Å². The second-order valence-electron chi connectivity index (χ2n) is 23.6. The summed E-state index contributed by atoms with van der Waals surface area (Å²) >= 11 is 0. The lowest BCUT2D eigenvalue weighted by atomic mass is 9.76. The second kappa shape index (κ2) is 21.4. The van der Waals surface area contributed by atoms with Crippen LogP contribution in [0.2, 0.25) is 0 Å². The number of hydrogen-bond acceptors (Lipinski definition) is 4. The van der Waals surface area contributed by atoms with Crippen LogP contribution >= 0.6 is 0 Å². The van der Waals surface area contributed by atoms with Gasteiger partial charge in [0.15, 0.2) is 0 Å². The number of phenols is 2. The summed E-state index contributed by atoms with van der Waals surface area (Å²) in [6.45, 7) is 4.40. The highest BCUT2D eigenvalue weighted by molar-refractivity contribution is 5.90. The molecule has 2 unspecified atom stereocenters. The first-order valence-electron chi connectivity index (χ1n) is 29.4. The number of aryl methyl sites for hydroxylation is 6. The van der Waals surface area contributed by atoms with Gasteiger partial charge < -0.3 is 19.7 Å². The van der Waals surface area contributed by atoms with Gasteiger partial charge in [0.2, 0.25) is 0 Å². The van der Waals surface area contributed by atoms with Crippen molar-refractivity contribution in [1.29, 1.82) is 0 Å². The minimum absolute atomic E-state index is 0.0606. The molecule has 6 aromatic carbocycles. The highest BCUT2D eigenvalue weighted by Gasteiger charge is 2.36. The number of benzene rings is 6. The van der Waals surface area contributed by atoms with E-state index in [1.165, 1.54) is 146 Å². The molecule has 6 aromatic rings. The van der Waals surface area contributed by atoms with Gasteiger partial charge in [0.25, 0.3) is 0 Å². The number of ether oxygens (including phenoxy) is 2. The van der Waals surface area contributed by atoms with Crippen molar-refractivity contribution in [1.82, 2.24) is 0 Å². The third-order valence-corrected chi connectivity index (χ3v) is 18.7. The number of fused-ring (bicyclic) bond motifs is 4. The minimum atomic E-state index is -0.0606. The molecule has 2 fully saturated rings. The van der Waals surface area contributed by atoms with Gasteiger partial charge in [-0.15, -0.1) is 0 Å². The van der Waals surface area contributed by atoms with Crippen LogP contribution in [0.15, 0.2) is 84.9 Å². The molecule has 0 heterocycles. The normalized spacial score (nSPS) is 19.0. The molecular weight excluding hydrogens is 893 g/mol. The predicted molar refractivity (Wildman–Crippen MR) is 301 cm³/mol. The van der Waals surface area contributed by atoms with E-state index < -0.39 is 0 Å². The molecule has 12 rings (SSSR count). The van der Waals surface area contributed by atoms with Gasteiger partial charge in [0.05, 0.1) is 0 Å². The van der Waals surface area contributed by atoms with Crippen LogP contribution in [0, 0.1) is 25.7 Å². The first kappa shape index (κ1) is 48.5. The third kappa shape index (κ3) is 9.75. The molecular formula is C69H80O4. The minimum Gasteiger partial charge on any atom is -0.507 e. The average molecular weight is 973 g/mol. The summed E-state index contributed by atoms with van der Waals surface area (Å²) in [5, 5.41) is 25.5. The molecule has 6 aliphatic rings. The van der Waals surface area contributed by atoms with E-state index in [1.54, 1.807) is 0 Å². The van der Waals surface area contributed by atoms with Gasteiger partial charge in [-0.3, -0.25) is 0 Å². The number of aromatic hydroxyl groups is 2. The number of phenolic OH excluding ortho intramolecular Hbond substituents is 2. The summed E-state index contributed by atoms with van der Waals surface area (Å²) in [5.74, 6) is 3.29. The highest BCUT2D eigenvalue weighted by atomic mass is 16.5. The molecule has 0 spiro atoms. The highest BCUT2D eigenvalue weighted by Crippen LogP contribution is 2.51. The van der Waals surface area contributed by atoms with Crippen molar-refractivity contribution in [2.45, 2.75) is 199 Å². The van der Waals surface area contributed by atoms with Crippen LogP contribution in [0.25, 0.3) is 44.5 Å². The van der Waals surface area contributed by atoms with E-state index in [4.69, 9.17) is 9.47 Å². The fourth-order valence-electron chi connectivity index (χ4n) is 15.1. The molecule has 0 bridgehead atoms. The van der Waals surface area contributed by atoms with E-state index in [1.807, 2.05) is 0 Å². The SMILES string of the molecule is Cc1cc(-c2ccccc2OC(CC(Oc2ccccc2-c2cc(C)cc(-c3c4c(cc5c3CCCC5)CCCC4)c2O)C2CCCCC2)C2CCCCC2)c(O)c(-c2c3c(cc4c2CCCC4)CCCC3)c1. The van der Waals surface area contributed by atoms with Gasteiger partial charge >= 0.3 is 0 Å². The van der Waals surface area contributed by atoms with Crippen molar-refractivity contribution >= 4 is 0 Å². The second-order valence-corrected chi connectivity index (χ2v) is 23.6. The summed E-state index contributed by atoms with van der Waals surface area (Å²) in [4.78, 5) is 0. The molecule has 73 heavy (non-hydrogen) atoms. The van der Waals surface area contributed by atoms with E-state index in [0.29, 0.717) is 23.3 Å². The molecule has 2 N–H and O–H groups in total. The molecule has 2 saturated carbocycles. The summed E-state index contributed by atoms with van der Waals surface area (Å²) in [6, 6.07) is 31.1. The molecule has 0 radical (unpaired) electrons. The lowest BCUT2D eigenvalue weighted by Crippen LogP contribution is -2.38. The molecule has 0 amide bonds. The number of para-hydroxylation sites is 2. The van der Waals surface area contributed by atoms with Gasteiger partial charge in [-0.25, -0.2) is 0 Å². The standard InChI is InChI=1S/C69H80O4/c1-44-37-58(68(70)60(39-44)66-52-29-13-9-25-48(52)41-49-26-10-14-30-53(49)66)56-33-17-19-35-62(56)72-64(46-21-5-3-6-22-46)43-65(47-23-7-4-8-24-47)73-63-36-20-18-34-57(63)59-38-45(2)40-61(69(59)71)67-54-31-15-11-27-50(54)42-51-28-12-16-32-55(51)67/h17-20,33-42,46-47,64-65,70-71H,3-16,21-32,43H2,1-2H3. The van der Waals surface area contributed by atoms with Crippen molar-refractivity contribution in [3.63, 3.8) is 0 Å². The Labute approximate surface area is 437 Å². The molecule has 0 aromatic heterocycles. The van der Waals surface area contributed by atoms with E-state index >= 15 is 0 Å². The molecule has 380 valence electrons. The molecule has 0 saturated heterocycles. The van der Waals surface area contributed by atoms with E-state index in [-0.39, 0.29) is 12.2 Å². The van der Waals surface area contributed by atoms with Gasteiger partial charge in [-0.1, -0.05) is 87.1 Å². The molecule has 0 aliphatic heterocycles. The van der Waals surface area contributed by atoms with Crippen LogP contribution in [-0.4, -0.2) is 22.4 Å². The Bertz CT molecular complexity index is 2710. The molecule has 6 aliphatic carbocycles. The lowest BCUT2D eigenvalue weighted by Gasteiger charge is -2.37. The van der Waals surface area contributed by atoms with Crippen molar-refractivity contribution in [3.05, 3.63) is 141 Å². The predicted octanol–water partition coefficient (Wildman–Crippen LogP) is 17.6. The molecule has 2 atom stereocenters. The average Bonchev–Trinajstić information content (AvgIpc) is 3.43. The van der Waals surface area contributed by atoms with Gasteiger partial charge in [0, 0.05) is 39.8 Å².